The third kappa shape index (κ3) is 2.97. The molecule has 0 spiro atoms. The maximum absolute atomic E-state index is 11.5. The van der Waals surface area contributed by atoms with E-state index in [9.17, 15) is 9.90 Å². The van der Waals surface area contributed by atoms with Crippen LogP contribution in [0.15, 0.2) is 18.2 Å². The number of aliphatic hydroxyl groups is 1. The lowest BCUT2D eigenvalue weighted by molar-refractivity contribution is 0.0601. The predicted octanol–water partition coefficient (Wildman–Crippen LogP) is 1.46. The van der Waals surface area contributed by atoms with Crippen molar-refractivity contribution in [3.05, 3.63) is 23.8 Å². The van der Waals surface area contributed by atoms with E-state index in [4.69, 9.17) is 5.21 Å². The normalized spacial score (nSPS) is 15.7. The average molecular weight is 266 g/mol. The number of rotatable bonds is 6. The number of benzene rings is 1. The van der Waals surface area contributed by atoms with E-state index in [-0.39, 0.29) is 12.0 Å². The van der Waals surface area contributed by atoms with Crippen LogP contribution in [-0.2, 0) is 4.74 Å². The lowest BCUT2D eigenvalue weighted by Crippen LogP contribution is -2.19. The molecule has 104 valence electrons. The van der Waals surface area contributed by atoms with Gasteiger partial charge < -0.3 is 15.2 Å². The van der Waals surface area contributed by atoms with E-state index in [1.807, 2.05) is 0 Å². The Labute approximate surface area is 111 Å². The van der Waals surface area contributed by atoms with Crippen LogP contribution in [0.25, 0.3) is 0 Å². The molecular weight excluding hydrogens is 248 g/mol. The highest BCUT2D eigenvalue weighted by Crippen LogP contribution is 2.45. The quantitative estimate of drug-likeness (QED) is 0.460. The molecule has 6 heteroatoms. The molecule has 1 aliphatic carbocycles. The van der Waals surface area contributed by atoms with Crippen LogP contribution < -0.4 is 10.8 Å². The molecule has 19 heavy (non-hydrogen) atoms. The second kappa shape index (κ2) is 5.46. The van der Waals surface area contributed by atoms with Gasteiger partial charge in [0, 0.05) is 12.0 Å². The molecule has 4 N–H and O–H groups in total. The number of aliphatic hydroxyl groups excluding tert-OH is 1. The fourth-order valence-electron chi connectivity index (χ4n) is 1.88. The first-order valence-electron chi connectivity index (χ1n) is 6.11. The zero-order valence-corrected chi connectivity index (χ0v) is 10.8. The number of hydrogen-bond acceptors (Lipinski definition) is 6. The molecule has 1 aromatic rings. The lowest BCUT2D eigenvalue weighted by atomic mass is 10.1. The van der Waals surface area contributed by atoms with Crippen molar-refractivity contribution < 1.29 is 19.8 Å². The number of hydrogen-bond donors (Lipinski definition) is 4. The Hall–Kier alpha value is -1.79. The fraction of sp³-hybridized carbons (Fsp3) is 0.462. The lowest BCUT2D eigenvalue weighted by Gasteiger charge is -2.16. The van der Waals surface area contributed by atoms with Gasteiger partial charge in [-0.05, 0) is 31.0 Å². The van der Waals surface area contributed by atoms with Crippen molar-refractivity contribution in [1.29, 1.82) is 0 Å². The first kappa shape index (κ1) is 13.6. The maximum atomic E-state index is 11.5. The maximum Gasteiger partial charge on any atom is 0.337 e. The van der Waals surface area contributed by atoms with E-state index >= 15 is 0 Å². The van der Waals surface area contributed by atoms with Gasteiger partial charge in [0.05, 0.1) is 30.7 Å². The molecule has 1 saturated carbocycles. The monoisotopic (exact) mass is 266 g/mol. The number of carbonyl (C=O) groups excluding carboxylic acids is 1. The van der Waals surface area contributed by atoms with Crippen LogP contribution in [0.5, 0.6) is 0 Å². The van der Waals surface area contributed by atoms with Gasteiger partial charge in [0.1, 0.15) is 0 Å². The van der Waals surface area contributed by atoms with Crippen molar-refractivity contribution in [2.45, 2.75) is 12.8 Å². The molecule has 0 radical (unpaired) electrons. The summed E-state index contributed by atoms with van der Waals surface area (Å²) in [6, 6.07) is 4.76. The summed E-state index contributed by atoms with van der Waals surface area (Å²) in [6.07, 6.45) is 1.96. The van der Waals surface area contributed by atoms with Crippen molar-refractivity contribution in [1.82, 2.24) is 0 Å². The summed E-state index contributed by atoms with van der Waals surface area (Å²) < 4.78 is 4.65. The average Bonchev–Trinajstić information content (AvgIpc) is 3.24. The van der Waals surface area contributed by atoms with Gasteiger partial charge in [-0.1, -0.05) is 0 Å². The molecule has 0 unspecified atom stereocenters. The minimum atomic E-state index is -0.434. The van der Waals surface area contributed by atoms with E-state index in [1.54, 1.807) is 18.2 Å². The molecule has 0 amide bonds. The SMILES string of the molecule is COC(=O)c1ccc(NO)c(NCC2(CO)CC2)c1. The molecule has 0 aliphatic heterocycles. The van der Waals surface area contributed by atoms with Gasteiger partial charge >= 0.3 is 5.97 Å². The Morgan fingerprint density at radius 3 is 2.68 bits per heavy atom. The number of carbonyl (C=O) groups is 1. The van der Waals surface area contributed by atoms with E-state index in [1.165, 1.54) is 7.11 Å². The molecule has 0 atom stereocenters. The third-order valence-electron chi connectivity index (χ3n) is 3.51. The number of anilines is 2. The molecule has 2 rings (SSSR count). The molecule has 0 heterocycles. The number of esters is 1. The molecular formula is C13H18N2O4. The highest BCUT2D eigenvalue weighted by molar-refractivity contribution is 5.92. The Bertz CT molecular complexity index is 472. The summed E-state index contributed by atoms with van der Waals surface area (Å²) in [5.41, 5.74) is 3.49. The van der Waals surface area contributed by atoms with Crippen molar-refractivity contribution in [2.75, 3.05) is 31.1 Å². The largest absolute Gasteiger partial charge is 0.465 e. The van der Waals surface area contributed by atoms with E-state index in [0.29, 0.717) is 23.5 Å². The first-order valence-corrected chi connectivity index (χ1v) is 6.11. The Morgan fingerprint density at radius 1 is 1.42 bits per heavy atom. The minimum Gasteiger partial charge on any atom is -0.465 e. The number of ether oxygens (including phenoxy) is 1. The van der Waals surface area contributed by atoms with Crippen LogP contribution in [0.1, 0.15) is 23.2 Å². The molecule has 1 fully saturated rings. The number of nitrogens with one attached hydrogen (secondary N) is 2. The molecule has 0 aromatic heterocycles. The third-order valence-corrected chi connectivity index (χ3v) is 3.51. The molecule has 0 saturated heterocycles. The smallest absolute Gasteiger partial charge is 0.337 e. The predicted molar refractivity (Wildman–Crippen MR) is 70.4 cm³/mol. The first-order chi connectivity index (χ1) is 9.14. The van der Waals surface area contributed by atoms with Gasteiger partial charge in [-0.15, -0.1) is 0 Å². The van der Waals surface area contributed by atoms with Crippen LogP contribution in [0.3, 0.4) is 0 Å². The summed E-state index contributed by atoms with van der Waals surface area (Å²) in [6.45, 7) is 0.737. The molecule has 1 aliphatic rings. The standard InChI is InChI=1S/C13H18N2O4/c1-19-12(17)9-2-3-10(15-18)11(6-9)14-7-13(8-16)4-5-13/h2-3,6,14-16,18H,4-5,7-8H2,1H3. The fourth-order valence-corrected chi connectivity index (χ4v) is 1.88. The summed E-state index contributed by atoms with van der Waals surface area (Å²) in [5, 5.41) is 21.5. The molecule has 0 bridgehead atoms. The van der Waals surface area contributed by atoms with Gasteiger partial charge in [-0.25, -0.2) is 4.79 Å². The van der Waals surface area contributed by atoms with Gasteiger partial charge in [0.15, 0.2) is 0 Å². The highest BCUT2D eigenvalue weighted by atomic mass is 16.5. The number of methoxy groups -OCH3 is 1. The van der Waals surface area contributed by atoms with Gasteiger partial charge in [0.2, 0.25) is 0 Å². The molecule has 1 aromatic carbocycles. The zero-order valence-electron chi connectivity index (χ0n) is 10.8. The van der Waals surface area contributed by atoms with Crippen LogP contribution in [-0.4, -0.2) is 36.5 Å². The Kier molecular flexibility index (Phi) is 3.92. The topological polar surface area (TPSA) is 90.8 Å². The van der Waals surface area contributed by atoms with Crippen LogP contribution in [0.4, 0.5) is 11.4 Å². The summed E-state index contributed by atoms with van der Waals surface area (Å²) in [7, 11) is 1.32. The van der Waals surface area contributed by atoms with Crippen LogP contribution in [0, 0.1) is 5.41 Å². The van der Waals surface area contributed by atoms with E-state index in [2.05, 4.69) is 15.5 Å². The summed E-state index contributed by atoms with van der Waals surface area (Å²) in [5.74, 6) is -0.434. The summed E-state index contributed by atoms with van der Waals surface area (Å²) in [4.78, 5) is 11.5. The van der Waals surface area contributed by atoms with Crippen molar-refractivity contribution in [3.63, 3.8) is 0 Å². The Balaban J connectivity index is 2.14. The molecule has 6 nitrogen and oxygen atoms in total. The zero-order chi connectivity index (χ0) is 13.9. The van der Waals surface area contributed by atoms with E-state index in [0.717, 1.165) is 12.8 Å². The van der Waals surface area contributed by atoms with E-state index < -0.39 is 5.97 Å². The van der Waals surface area contributed by atoms with Gasteiger partial charge in [0.25, 0.3) is 0 Å². The van der Waals surface area contributed by atoms with Crippen LogP contribution >= 0.6 is 0 Å². The van der Waals surface area contributed by atoms with Crippen molar-refractivity contribution >= 4 is 17.3 Å². The van der Waals surface area contributed by atoms with Crippen molar-refractivity contribution in [3.8, 4) is 0 Å². The van der Waals surface area contributed by atoms with Crippen molar-refractivity contribution in [2.24, 2.45) is 5.41 Å². The minimum absolute atomic E-state index is 0.0615. The van der Waals surface area contributed by atoms with Crippen LogP contribution in [0.2, 0.25) is 0 Å². The second-order valence-corrected chi connectivity index (χ2v) is 4.88. The summed E-state index contributed by atoms with van der Waals surface area (Å²) >= 11 is 0. The second-order valence-electron chi connectivity index (χ2n) is 4.88. The van der Waals surface area contributed by atoms with Gasteiger partial charge in [-0.2, -0.15) is 0 Å². The van der Waals surface area contributed by atoms with Gasteiger partial charge in [-0.3, -0.25) is 10.7 Å². The highest BCUT2D eigenvalue weighted by Gasteiger charge is 2.41. The Morgan fingerprint density at radius 2 is 2.16 bits per heavy atom.